The first-order valence-electron chi connectivity index (χ1n) is 15.1. The molecule has 1 heterocycles. The molecule has 3 aromatic rings. The van der Waals surface area contributed by atoms with Gasteiger partial charge in [0.05, 0.1) is 13.0 Å². The first-order chi connectivity index (χ1) is 21.0. The average Bonchev–Trinajstić information content (AvgIpc) is 3.30. The first kappa shape index (κ1) is 31.1. The van der Waals surface area contributed by atoms with E-state index in [1.807, 2.05) is 64.1 Å². The highest BCUT2D eigenvalue weighted by atomic mass is 16.6. The lowest BCUT2D eigenvalue weighted by molar-refractivity contribution is -0.153. The number of carbonyl (C=O) groups excluding carboxylic acids is 2. The summed E-state index contributed by atoms with van der Waals surface area (Å²) >= 11 is 0. The summed E-state index contributed by atoms with van der Waals surface area (Å²) in [6.07, 6.45) is -0.429. The molecule has 232 valence electrons. The zero-order chi connectivity index (χ0) is 31.4. The molecule has 0 unspecified atom stereocenters. The van der Waals surface area contributed by atoms with Gasteiger partial charge in [-0.15, -0.1) is 0 Å². The summed E-state index contributed by atoms with van der Waals surface area (Å²) in [6.45, 7) is 10.4. The van der Waals surface area contributed by atoms with E-state index >= 15 is 0 Å². The third-order valence-electron chi connectivity index (χ3n) is 8.12. The van der Waals surface area contributed by atoms with Crippen molar-refractivity contribution in [3.8, 4) is 11.1 Å². The zero-order valence-electron chi connectivity index (χ0n) is 25.9. The molecule has 5 rings (SSSR count). The number of rotatable bonds is 9. The Balaban J connectivity index is 1.21. The van der Waals surface area contributed by atoms with E-state index in [1.165, 1.54) is 22.3 Å². The fourth-order valence-electron chi connectivity index (χ4n) is 6.10. The van der Waals surface area contributed by atoms with Crippen LogP contribution < -0.4 is 10.2 Å². The van der Waals surface area contributed by atoms with Crippen LogP contribution in [0.15, 0.2) is 60.7 Å². The van der Waals surface area contributed by atoms with Crippen molar-refractivity contribution in [2.45, 2.75) is 52.2 Å². The van der Waals surface area contributed by atoms with Crippen molar-refractivity contribution >= 4 is 23.7 Å². The van der Waals surface area contributed by atoms with E-state index in [0.717, 1.165) is 16.8 Å². The highest BCUT2D eigenvalue weighted by molar-refractivity contribution is 5.79. The van der Waals surface area contributed by atoms with Gasteiger partial charge >= 0.3 is 18.0 Å². The van der Waals surface area contributed by atoms with Gasteiger partial charge in [0, 0.05) is 44.3 Å². The molecule has 44 heavy (non-hydrogen) atoms. The second kappa shape index (κ2) is 13.1. The largest absolute Gasteiger partial charge is 0.481 e. The molecule has 2 N–H and O–H groups in total. The van der Waals surface area contributed by atoms with Crippen LogP contribution in [0.4, 0.5) is 10.5 Å². The topological polar surface area (TPSA) is 108 Å². The number of nitrogens with zero attached hydrogens (tertiary/aromatic N) is 2. The molecule has 1 aliphatic heterocycles. The Labute approximate surface area is 258 Å². The van der Waals surface area contributed by atoms with E-state index in [2.05, 4.69) is 34.5 Å². The lowest BCUT2D eigenvalue weighted by Gasteiger charge is -2.37. The summed E-state index contributed by atoms with van der Waals surface area (Å²) < 4.78 is 11.3. The normalized spacial score (nSPS) is 14.6. The number of piperazine rings is 1. The van der Waals surface area contributed by atoms with Crippen LogP contribution in [0.25, 0.3) is 11.1 Å². The predicted octanol–water partition coefficient (Wildman–Crippen LogP) is 5.12. The monoisotopic (exact) mass is 599 g/mol. The molecule has 1 fully saturated rings. The summed E-state index contributed by atoms with van der Waals surface area (Å²) in [7, 11) is 0. The second-order valence-electron chi connectivity index (χ2n) is 12.4. The molecule has 2 aliphatic rings. The summed E-state index contributed by atoms with van der Waals surface area (Å²) in [5, 5.41) is 12.6. The number of nitrogens with one attached hydrogen (secondary N) is 1. The van der Waals surface area contributed by atoms with E-state index < -0.39 is 11.6 Å². The van der Waals surface area contributed by atoms with Gasteiger partial charge in [0.1, 0.15) is 12.2 Å². The number of esters is 1. The highest BCUT2D eigenvalue weighted by Crippen LogP contribution is 2.44. The van der Waals surface area contributed by atoms with Crippen molar-refractivity contribution in [2.24, 2.45) is 0 Å². The van der Waals surface area contributed by atoms with Gasteiger partial charge in [-0.05, 0) is 72.7 Å². The molecule has 0 spiro atoms. The summed E-state index contributed by atoms with van der Waals surface area (Å²) in [4.78, 5) is 40.8. The smallest absolute Gasteiger partial charge is 0.409 e. The van der Waals surface area contributed by atoms with Crippen molar-refractivity contribution in [3.63, 3.8) is 0 Å². The Morgan fingerprint density at radius 1 is 0.932 bits per heavy atom. The molecule has 0 saturated carbocycles. The quantitative estimate of drug-likeness (QED) is 0.326. The van der Waals surface area contributed by atoms with Crippen molar-refractivity contribution in [1.29, 1.82) is 0 Å². The van der Waals surface area contributed by atoms with Gasteiger partial charge in [-0.1, -0.05) is 54.6 Å². The molecule has 0 radical (unpaired) electrons. The van der Waals surface area contributed by atoms with Crippen molar-refractivity contribution in [3.05, 3.63) is 88.5 Å². The van der Waals surface area contributed by atoms with Crippen LogP contribution in [0.2, 0.25) is 0 Å². The minimum atomic E-state index is -0.910. The predicted molar refractivity (Wildman–Crippen MR) is 169 cm³/mol. The van der Waals surface area contributed by atoms with Crippen LogP contribution in [-0.4, -0.2) is 73.0 Å². The van der Waals surface area contributed by atoms with Crippen LogP contribution in [-0.2, 0) is 32.0 Å². The van der Waals surface area contributed by atoms with Gasteiger partial charge in [-0.2, -0.15) is 0 Å². The van der Waals surface area contributed by atoms with E-state index in [-0.39, 0.29) is 37.6 Å². The van der Waals surface area contributed by atoms with Gasteiger partial charge in [0.15, 0.2) is 0 Å². The van der Waals surface area contributed by atoms with Crippen molar-refractivity contribution in [2.75, 3.05) is 44.2 Å². The molecule has 9 heteroatoms. The molecule has 3 aromatic carbocycles. The highest BCUT2D eigenvalue weighted by Gasteiger charge is 2.31. The molecular formula is C35H41N3O6. The van der Waals surface area contributed by atoms with E-state index in [1.54, 1.807) is 4.90 Å². The van der Waals surface area contributed by atoms with Gasteiger partial charge in [0.2, 0.25) is 0 Å². The molecule has 0 atom stereocenters. The number of ether oxygens (including phenoxy) is 2. The molecular weight excluding hydrogens is 558 g/mol. The minimum Gasteiger partial charge on any atom is -0.481 e. The number of anilines is 1. The lowest BCUT2D eigenvalue weighted by atomic mass is 9.98. The van der Waals surface area contributed by atoms with Crippen LogP contribution in [0.1, 0.15) is 54.5 Å². The third-order valence-corrected chi connectivity index (χ3v) is 8.12. The standard InChI is InChI=1S/C35H41N3O6/c1-23-25(20-36-21-33(41)44-35(2,3)4)17-24(19-32(39)40)18-31(23)37-13-15-38(16-14-37)34(42)43-22-30-28-11-7-5-9-26(28)27-10-6-8-12-29(27)30/h5-12,17-18,30,36H,13-16,19-22H2,1-4H3,(H,39,40). The Hall–Kier alpha value is -4.37. The summed E-state index contributed by atoms with van der Waals surface area (Å²) in [5.74, 6) is -1.25. The summed E-state index contributed by atoms with van der Waals surface area (Å²) in [6, 6.07) is 20.4. The van der Waals surface area contributed by atoms with Gasteiger partial charge < -0.3 is 29.7 Å². The number of fused-ring (bicyclic) bond motifs is 3. The van der Waals surface area contributed by atoms with E-state index in [4.69, 9.17) is 9.47 Å². The number of amides is 1. The Kier molecular flexibility index (Phi) is 9.25. The van der Waals surface area contributed by atoms with Crippen LogP contribution in [0.3, 0.4) is 0 Å². The molecule has 9 nitrogen and oxygen atoms in total. The number of carboxylic acids is 1. The molecule has 0 bridgehead atoms. The Morgan fingerprint density at radius 3 is 2.14 bits per heavy atom. The number of carbonyl (C=O) groups is 3. The number of carboxylic acid groups (broad SMARTS) is 1. The van der Waals surface area contributed by atoms with Crippen molar-refractivity contribution < 1.29 is 29.0 Å². The van der Waals surface area contributed by atoms with Crippen LogP contribution in [0.5, 0.6) is 0 Å². The molecule has 1 saturated heterocycles. The lowest BCUT2D eigenvalue weighted by Crippen LogP contribution is -2.49. The Bertz CT molecular complexity index is 1490. The fourth-order valence-corrected chi connectivity index (χ4v) is 6.10. The summed E-state index contributed by atoms with van der Waals surface area (Å²) in [5.41, 5.74) is 7.72. The SMILES string of the molecule is Cc1c(CNCC(=O)OC(C)(C)C)cc(CC(=O)O)cc1N1CCN(C(=O)OCC2c3ccccc3-c3ccccc32)CC1. The molecule has 1 aliphatic carbocycles. The van der Waals surface area contributed by atoms with Gasteiger partial charge in [-0.3, -0.25) is 9.59 Å². The van der Waals surface area contributed by atoms with E-state index in [9.17, 15) is 19.5 Å². The molecule has 0 aromatic heterocycles. The number of aliphatic carboxylic acids is 1. The first-order valence-corrected chi connectivity index (χ1v) is 15.1. The van der Waals surface area contributed by atoms with Crippen LogP contribution in [0, 0.1) is 6.92 Å². The zero-order valence-corrected chi connectivity index (χ0v) is 25.9. The number of hydrogen-bond donors (Lipinski definition) is 2. The maximum Gasteiger partial charge on any atom is 0.409 e. The number of benzene rings is 3. The maximum atomic E-state index is 13.2. The van der Waals surface area contributed by atoms with Gasteiger partial charge in [0.25, 0.3) is 0 Å². The van der Waals surface area contributed by atoms with Crippen molar-refractivity contribution in [1.82, 2.24) is 10.2 Å². The van der Waals surface area contributed by atoms with Gasteiger partial charge in [-0.25, -0.2) is 4.79 Å². The Morgan fingerprint density at radius 2 is 1.55 bits per heavy atom. The third kappa shape index (κ3) is 7.22. The minimum absolute atomic E-state index is 0.00890. The average molecular weight is 600 g/mol. The van der Waals surface area contributed by atoms with E-state index in [0.29, 0.717) is 38.3 Å². The second-order valence-corrected chi connectivity index (χ2v) is 12.4. The maximum absolute atomic E-state index is 13.2. The fraction of sp³-hybridized carbons (Fsp3) is 0.400. The van der Waals surface area contributed by atoms with Crippen LogP contribution >= 0.6 is 0 Å². The number of hydrogen-bond acceptors (Lipinski definition) is 7. The molecule has 1 amide bonds.